The van der Waals surface area contributed by atoms with Crippen LogP contribution in [0.25, 0.3) is 0 Å². The summed E-state index contributed by atoms with van der Waals surface area (Å²) < 4.78 is 0. The Labute approximate surface area is 124 Å². The maximum atomic E-state index is 12.1. The molecule has 0 fully saturated rings. The van der Waals surface area contributed by atoms with Gasteiger partial charge >= 0.3 is 12.0 Å². The van der Waals surface area contributed by atoms with Gasteiger partial charge in [-0.25, -0.2) is 9.59 Å². The SMILES string of the molecule is Cc1cc(C)c(NC(=O)NC2CC=CCC2)c(C(=O)O)c1. The van der Waals surface area contributed by atoms with Gasteiger partial charge in [0.25, 0.3) is 0 Å². The number of allylic oxidation sites excluding steroid dienone is 1. The second-order valence-electron chi connectivity index (χ2n) is 5.39. The topological polar surface area (TPSA) is 78.4 Å². The van der Waals surface area contributed by atoms with Crippen LogP contribution in [0, 0.1) is 13.8 Å². The summed E-state index contributed by atoms with van der Waals surface area (Å²) in [7, 11) is 0. The van der Waals surface area contributed by atoms with Crippen molar-refractivity contribution in [3.05, 3.63) is 41.0 Å². The Hall–Kier alpha value is -2.30. The number of amides is 2. The Morgan fingerprint density at radius 3 is 2.62 bits per heavy atom. The number of hydrogen-bond donors (Lipinski definition) is 3. The number of rotatable bonds is 3. The number of carbonyl (C=O) groups excluding carboxylic acids is 1. The minimum atomic E-state index is -1.04. The number of urea groups is 1. The van der Waals surface area contributed by atoms with Gasteiger partial charge in [-0.05, 0) is 50.3 Å². The number of benzene rings is 1. The molecule has 0 saturated carbocycles. The normalized spacial score (nSPS) is 17.3. The fourth-order valence-corrected chi connectivity index (χ4v) is 2.56. The summed E-state index contributed by atoms with van der Waals surface area (Å²) in [4.78, 5) is 23.4. The molecule has 2 rings (SSSR count). The average molecular weight is 288 g/mol. The lowest BCUT2D eigenvalue weighted by Crippen LogP contribution is -2.38. The summed E-state index contributed by atoms with van der Waals surface area (Å²) in [5.41, 5.74) is 2.07. The molecule has 1 aromatic rings. The standard InChI is InChI=1S/C16H20N2O3/c1-10-8-11(2)14(13(9-10)15(19)20)18-16(21)17-12-6-4-3-5-7-12/h3-4,8-9,12H,5-7H2,1-2H3,(H,19,20)(H2,17,18,21). The predicted octanol–water partition coefficient (Wildman–Crippen LogP) is 3.23. The van der Waals surface area contributed by atoms with Crippen LogP contribution in [0.5, 0.6) is 0 Å². The van der Waals surface area contributed by atoms with Gasteiger partial charge in [-0.2, -0.15) is 0 Å². The van der Waals surface area contributed by atoms with Crippen molar-refractivity contribution < 1.29 is 14.7 Å². The summed E-state index contributed by atoms with van der Waals surface area (Å²) in [5.74, 6) is -1.04. The second kappa shape index (κ2) is 6.43. The van der Waals surface area contributed by atoms with Crippen molar-refractivity contribution in [3.63, 3.8) is 0 Å². The molecule has 1 aliphatic rings. The molecular formula is C16H20N2O3. The molecule has 0 heterocycles. The lowest BCUT2D eigenvalue weighted by atomic mass is 10.0. The molecular weight excluding hydrogens is 268 g/mol. The van der Waals surface area contributed by atoms with Gasteiger partial charge in [0.15, 0.2) is 0 Å². The van der Waals surface area contributed by atoms with E-state index in [0.29, 0.717) is 5.69 Å². The van der Waals surface area contributed by atoms with Crippen molar-refractivity contribution in [2.24, 2.45) is 0 Å². The molecule has 0 spiro atoms. The predicted molar refractivity (Wildman–Crippen MR) is 81.8 cm³/mol. The second-order valence-corrected chi connectivity index (χ2v) is 5.39. The summed E-state index contributed by atoms with van der Waals surface area (Å²) in [5, 5.41) is 14.8. The quantitative estimate of drug-likeness (QED) is 0.747. The highest BCUT2D eigenvalue weighted by Gasteiger charge is 2.18. The van der Waals surface area contributed by atoms with Gasteiger partial charge in [0.05, 0.1) is 11.3 Å². The number of anilines is 1. The van der Waals surface area contributed by atoms with E-state index >= 15 is 0 Å². The van der Waals surface area contributed by atoms with Crippen LogP contribution in [-0.4, -0.2) is 23.1 Å². The number of carboxylic acid groups (broad SMARTS) is 1. The molecule has 0 aliphatic heterocycles. The fraction of sp³-hybridized carbons (Fsp3) is 0.375. The van der Waals surface area contributed by atoms with E-state index in [1.807, 2.05) is 19.1 Å². The lowest BCUT2D eigenvalue weighted by molar-refractivity contribution is 0.0698. The van der Waals surface area contributed by atoms with Crippen LogP contribution in [0.3, 0.4) is 0 Å². The zero-order valence-corrected chi connectivity index (χ0v) is 12.3. The van der Waals surface area contributed by atoms with Gasteiger partial charge in [-0.15, -0.1) is 0 Å². The lowest BCUT2D eigenvalue weighted by Gasteiger charge is -2.20. The molecule has 21 heavy (non-hydrogen) atoms. The van der Waals surface area contributed by atoms with Crippen molar-refractivity contribution in [2.45, 2.75) is 39.2 Å². The molecule has 0 radical (unpaired) electrons. The Balaban J connectivity index is 2.13. The molecule has 1 atom stereocenters. The van der Waals surface area contributed by atoms with Crippen molar-refractivity contribution >= 4 is 17.7 Å². The Kier molecular flexibility index (Phi) is 4.62. The van der Waals surface area contributed by atoms with Crippen LogP contribution in [-0.2, 0) is 0 Å². The first kappa shape index (κ1) is 15.1. The van der Waals surface area contributed by atoms with Crippen LogP contribution in [0.2, 0.25) is 0 Å². The zero-order chi connectivity index (χ0) is 15.4. The zero-order valence-electron chi connectivity index (χ0n) is 12.3. The van der Waals surface area contributed by atoms with Crippen molar-refractivity contribution in [3.8, 4) is 0 Å². The number of aromatic carboxylic acids is 1. The molecule has 3 N–H and O–H groups in total. The van der Waals surface area contributed by atoms with E-state index in [9.17, 15) is 14.7 Å². The van der Waals surface area contributed by atoms with E-state index in [4.69, 9.17) is 0 Å². The minimum Gasteiger partial charge on any atom is -0.478 e. The van der Waals surface area contributed by atoms with Gasteiger partial charge in [-0.3, -0.25) is 0 Å². The maximum Gasteiger partial charge on any atom is 0.337 e. The van der Waals surface area contributed by atoms with Gasteiger partial charge in [-0.1, -0.05) is 18.2 Å². The van der Waals surface area contributed by atoms with Crippen LogP contribution in [0.15, 0.2) is 24.3 Å². The molecule has 0 saturated heterocycles. The Morgan fingerprint density at radius 1 is 1.24 bits per heavy atom. The van der Waals surface area contributed by atoms with Crippen LogP contribution >= 0.6 is 0 Å². The van der Waals surface area contributed by atoms with Gasteiger partial charge in [0.1, 0.15) is 0 Å². The van der Waals surface area contributed by atoms with Gasteiger partial charge in [0.2, 0.25) is 0 Å². The first-order valence-corrected chi connectivity index (χ1v) is 7.04. The van der Waals surface area contributed by atoms with E-state index in [1.165, 1.54) is 0 Å². The molecule has 5 nitrogen and oxygen atoms in total. The van der Waals surface area contributed by atoms with E-state index in [1.54, 1.807) is 13.0 Å². The molecule has 5 heteroatoms. The molecule has 1 aromatic carbocycles. The van der Waals surface area contributed by atoms with E-state index < -0.39 is 5.97 Å². The average Bonchev–Trinajstić information content (AvgIpc) is 2.42. The minimum absolute atomic E-state index is 0.106. The number of hydrogen-bond acceptors (Lipinski definition) is 2. The van der Waals surface area contributed by atoms with Crippen LogP contribution in [0.1, 0.15) is 40.7 Å². The molecule has 112 valence electrons. The highest BCUT2D eigenvalue weighted by molar-refractivity contribution is 6.01. The first-order chi connectivity index (χ1) is 9.97. The number of carbonyl (C=O) groups is 2. The van der Waals surface area contributed by atoms with E-state index in [-0.39, 0.29) is 17.6 Å². The summed E-state index contributed by atoms with van der Waals surface area (Å²) in [6.45, 7) is 3.62. The highest BCUT2D eigenvalue weighted by atomic mass is 16.4. The highest BCUT2D eigenvalue weighted by Crippen LogP contribution is 2.23. The summed E-state index contributed by atoms with van der Waals surface area (Å²) >= 11 is 0. The van der Waals surface area contributed by atoms with Gasteiger partial charge < -0.3 is 15.7 Å². The number of aryl methyl sites for hydroxylation is 2. The monoisotopic (exact) mass is 288 g/mol. The van der Waals surface area contributed by atoms with Crippen LogP contribution in [0.4, 0.5) is 10.5 Å². The fourth-order valence-electron chi connectivity index (χ4n) is 2.56. The van der Waals surface area contributed by atoms with Crippen molar-refractivity contribution in [1.82, 2.24) is 5.32 Å². The summed E-state index contributed by atoms with van der Waals surface area (Å²) in [6.07, 6.45) is 6.82. The largest absolute Gasteiger partial charge is 0.478 e. The van der Waals surface area contributed by atoms with E-state index in [2.05, 4.69) is 16.7 Å². The first-order valence-electron chi connectivity index (χ1n) is 7.04. The Morgan fingerprint density at radius 2 is 2.00 bits per heavy atom. The van der Waals surface area contributed by atoms with Gasteiger partial charge in [0, 0.05) is 6.04 Å². The molecule has 1 unspecified atom stereocenters. The Bertz CT molecular complexity index is 593. The third-order valence-electron chi connectivity index (χ3n) is 3.55. The van der Waals surface area contributed by atoms with Crippen molar-refractivity contribution in [2.75, 3.05) is 5.32 Å². The number of nitrogens with one attached hydrogen (secondary N) is 2. The third kappa shape index (κ3) is 3.84. The summed E-state index contributed by atoms with van der Waals surface area (Å²) in [6, 6.07) is 3.17. The molecule has 0 bridgehead atoms. The molecule has 0 aromatic heterocycles. The van der Waals surface area contributed by atoms with Crippen LogP contribution < -0.4 is 10.6 Å². The third-order valence-corrected chi connectivity index (χ3v) is 3.55. The maximum absolute atomic E-state index is 12.1. The van der Waals surface area contributed by atoms with Crippen molar-refractivity contribution in [1.29, 1.82) is 0 Å². The van der Waals surface area contributed by atoms with E-state index in [0.717, 1.165) is 30.4 Å². The molecule has 2 amide bonds. The molecule has 1 aliphatic carbocycles. The number of carboxylic acids is 1. The smallest absolute Gasteiger partial charge is 0.337 e.